The van der Waals surface area contributed by atoms with Crippen molar-refractivity contribution in [3.63, 3.8) is 0 Å². The van der Waals surface area contributed by atoms with Crippen molar-refractivity contribution >= 4 is 5.91 Å². The summed E-state index contributed by atoms with van der Waals surface area (Å²) in [5.74, 6) is -6.89. The van der Waals surface area contributed by atoms with E-state index >= 15 is 0 Å². The van der Waals surface area contributed by atoms with E-state index in [1.807, 2.05) is 0 Å². The van der Waals surface area contributed by atoms with E-state index < -0.39 is 23.8 Å². The van der Waals surface area contributed by atoms with Gasteiger partial charge in [0.1, 0.15) is 5.54 Å². The minimum Gasteiger partial charge on any atom is -0.332 e. The summed E-state index contributed by atoms with van der Waals surface area (Å²) >= 11 is 0. The van der Waals surface area contributed by atoms with Crippen molar-refractivity contribution in [2.24, 2.45) is 0 Å². The second-order valence-corrected chi connectivity index (χ2v) is 3.28. The smallest absolute Gasteiger partial charge is 0.332 e. The molecule has 0 aromatic carbocycles. The predicted octanol–water partition coefficient (Wildman–Crippen LogP) is 2.09. The number of hydrogen-bond donors (Lipinski definition) is 1. The molecule has 0 spiro atoms. The van der Waals surface area contributed by atoms with Crippen molar-refractivity contribution in [1.82, 2.24) is 5.32 Å². The fourth-order valence-corrected chi connectivity index (χ4v) is 1.01. The summed E-state index contributed by atoms with van der Waals surface area (Å²) in [4.78, 5) is 10.9. The molecule has 0 fully saturated rings. The van der Waals surface area contributed by atoms with Gasteiger partial charge in [0.05, 0.1) is 6.07 Å². The minimum absolute atomic E-state index is 0.0606. The second kappa shape index (κ2) is 5.14. The molecule has 0 saturated heterocycles. The van der Waals surface area contributed by atoms with Gasteiger partial charge in [-0.3, -0.25) is 4.79 Å². The van der Waals surface area contributed by atoms with E-state index in [1.165, 1.54) is 13.8 Å². The zero-order valence-corrected chi connectivity index (χ0v) is 8.86. The first-order chi connectivity index (χ1) is 7.25. The van der Waals surface area contributed by atoms with Crippen LogP contribution in [0.25, 0.3) is 0 Å². The Morgan fingerprint density at radius 1 is 1.38 bits per heavy atom. The van der Waals surface area contributed by atoms with Crippen LogP contribution in [0.4, 0.5) is 17.6 Å². The van der Waals surface area contributed by atoms with Gasteiger partial charge in [-0.1, -0.05) is 13.8 Å². The lowest BCUT2D eigenvalue weighted by Crippen LogP contribution is -2.54. The van der Waals surface area contributed by atoms with Crippen LogP contribution in [0.15, 0.2) is 0 Å². The predicted molar refractivity (Wildman–Crippen MR) is 48.0 cm³/mol. The zero-order valence-electron chi connectivity index (χ0n) is 8.86. The summed E-state index contributed by atoms with van der Waals surface area (Å²) in [5, 5.41) is 10.4. The Bertz CT molecular complexity index is 294. The lowest BCUT2D eigenvalue weighted by Gasteiger charge is -2.27. The van der Waals surface area contributed by atoms with Crippen molar-refractivity contribution in [2.75, 3.05) is 0 Å². The number of nitrogens with one attached hydrogen (secondary N) is 1. The van der Waals surface area contributed by atoms with Gasteiger partial charge >= 0.3 is 12.3 Å². The van der Waals surface area contributed by atoms with Crippen LogP contribution in [0.5, 0.6) is 0 Å². The molecule has 0 aliphatic heterocycles. The third kappa shape index (κ3) is 2.84. The van der Waals surface area contributed by atoms with E-state index in [2.05, 4.69) is 0 Å². The van der Waals surface area contributed by atoms with Gasteiger partial charge in [0.2, 0.25) is 0 Å². The third-order valence-electron chi connectivity index (χ3n) is 2.35. The molecule has 92 valence electrons. The number of carbonyl (C=O) groups excluding carboxylic acids is 1. The van der Waals surface area contributed by atoms with E-state index in [0.29, 0.717) is 0 Å². The lowest BCUT2D eigenvalue weighted by molar-refractivity contribution is -0.170. The molecule has 0 atom stereocenters. The molecule has 0 unspecified atom stereocenters. The summed E-state index contributed by atoms with van der Waals surface area (Å²) in [5.41, 5.74) is -1.52. The first kappa shape index (κ1) is 14.7. The van der Waals surface area contributed by atoms with Crippen molar-refractivity contribution in [3.05, 3.63) is 0 Å². The Morgan fingerprint density at radius 2 is 1.81 bits per heavy atom. The van der Waals surface area contributed by atoms with Crippen molar-refractivity contribution in [1.29, 1.82) is 5.26 Å². The highest BCUT2D eigenvalue weighted by atomic mass is 19.3. The Hall–Kier alpha value is -1.32. The van der Waals surface area contributed by atoms with Crippen LogP contribution in [0.2, 0.25) is 0 Å². The molecule has 0 radical (unpaired) electrons. The topological polar surface area (TPSA) is 52.9 Å². The molecule has 0 aliphatic rings. The quantitative estimate of drug-likeness (QED) is 0.748. The number of nitrogens with zero attached hydrogens (tertiary/aromatic N) is 1. The maximum absolute atomic E-state index is 12.6. The normalized spacial score (nSPS) is 12.4. The van der Waals surface area contributed by atoms with E-state index in [9.17, 15) is 22.4 Å². The molecule has 7 heteroatoms. The summed E-state index contributed by atoms with van der Waals surface area (Å²) < 4.78 is 48.9. The molecule has 0 rings (SSSR count). The first-order valence-corrected chi connectivity index (χ1v) is 4.65. The average molecular weight is 240 g/mol. The average Bonchev–Trinajstić information content (AvgIpc) is 2.25. The van der Waals surface area contributed by atoms with Crippen LogP contribution in [0, 0.1) is 11.3 Å². The van der Waals surface area contributed by atoms with Gasteiger partial charge in [-0.2, -0.15) is 14.0 Å². The zero-order chi connectivity index (χ0) is 13.0. The maximum atomic E-state index is 12.6. The minimum atomic E-state index is -4.77. The molecule has 1 N–H and O–H groups in total. The molecule has 0 heterocycles. The summed E-state index contributed by atoms with van der Waals surface area (Å²) in [6.45, 7) is 2.99. The number of carbonyl (C=O) groups is 1. The summed E-state index contributed by atoms with van der Waals surface area (Å²) in [6.07, 6.45) is -3.96. The molecule has 0 aromatic heterocycles. The monoisotopic (exact) mass is 240 g/mol. The number of nitriles is 1. The van der Waals surface area contributed by atoms with Crippen molar-refractivity contribution in [2.45, 2.75) is 44.6 Å². The standard InChI is InChI=1S/C9H12F4N2O/c1-3-8(4-2,5-14)15-7(16)9(12,13)6(10)11/h6H,3-4H2,1-2H3,(H,15,16). The maximum Gasteiger partial charge on any atom is 0.383 e. The number of hydrogen-bond acceptors (Lipinski definition) is 2. The highest BCUT2D eigenvalue weighted by molar-refractivity contribution is 5.84. The van der Waals surface area contributed by atoms with Gasteiger partial charge in [-0.15, -0.1) is 0 Å². The molecule has 3 nitrogen and oxygen atoms in total. The number of alkyl halides is 4. The Labute approximate surface area is 90.4 Å². The Kier molecular flexibility index (Phi) is 4.72. The fourth-order valence-electron chi connectivity index (χ4n) is 1.01. The van der Waals surface area contributed by atoms with Gasteiger partial charge in [0.15, 0.2) is 0 Å². The lowest BCUT2D eigenvalue weighted by atomic mass is 9.94. The summed E-state index contributed by atoms with van der Waals surface area (Å²) in [6, 6.07) is 1.65. The van der Waals surface area contributed by atoms with Crippen molar-refractivity contribution < 1.29 is 22.4 Å². The summed E-state index contributed by atoms with van der Waals surface area (Å²) in [7, 11) is 0. The van der Waals surface area contributed by atoms with Crippen LogP contribution in [0.1, 0.15) is 26.7 Å². The largest absolute Gasteiger partial charge is 0.383 e. The highest BCUT2D eigenvalue weighted by Gasteiger charge is 2.50. The molecule has 16 heavy (non-hydrogen) atoms. The number of halogens is 4. The fraction of sp³-hybridized carbons (Fsp3) is 0.778. The van der Waals surface area contributed by atoms with Gasteiger partial charge < -0.3 is 5.32 Å². The second-order valence-electron chi connectivity index (χ2n) is 3.28. The third-order valence-corrected chi connectivity index (χ3v) is 2.35. The molecular formula is C9H12F4N2O. The van der Waals surface area contributed by atoms with Crippen LogP contribution in [-0.2, 0) is 4.79 Å². The highest BCUT2D eigenvalue weighted by Crippen LogP contribution is 2.25. The SMILES string of the molecule is CCC(C#N)(CC)NC(=O)C(F)(F)C(F)F. The Balaban J connectivity index is 4.87. The van der Waals surface area contributed by atoms with E-state index in [1.54, 1.807) is 11.4 Å². The molecule has 0 saturated carbocycles. The molecule has 0 aliphatic carbocycles. The van der Waals surface area contributed by atoms with E-state index in [-0.39, 0.29) is 12.8 Å². The van der Waals surface area contributed by atoms with Crippen LogP contribution >= 0.6 is 0 Å². The molecule has 0 aromatic rings. The Morgan fingerprint density at radius 3 is 2.06 bits per heavy atom. The van der Waals surface area contributed by atoms with Gasteiger partial charge in [-0.05, 0) is 12.8 Å². The molecular weight excluding hydrogens is 228 g/mol. The van der Waals surface area contributed by atoms with Crippen LogP contribution in [-0.4, -0.2) is 23.8 Å². The van der Waals surface area contributed by atoms with E-state index in [4.69, 9.17) is 5.26 Å². The van der Waals surface area contributed by atoms with Crippen LogP contribution < -0.4 is 5.32 Å². The number of rotatable bonds is 5. The van der Waals surface area contributed by atoms with Crippen LogP contribution in [0.3, 0.4) is 0 Å². The van der Waals surface area contributed by atoms with Gasteiger partial charge in [-0.25, -0.2) is 8.78 Å². The first-order valence-electron chi connectivity index (χ1n) is 4.65. The number of amides is 1. The van der Waals surface area contributed by atoms with E-state index in [0.717, 1.165) is 0 Å². The van der Waals surface area contributed by atoms with Gasteiger partial charge in [0.25, 0.3) is 5.91 Å². The molecule has 1 amide bonds. The molecule has 0 bridgehead atoms. The van der Waals surface area contributed by atoms with Gasteiger partial charge in [0, 0.05) is 0 Å². The van der Waals surface area contributed by atoms with Crippen molar-refractivity contribution in [3.8, 4) is 6.07 Å².